The molecule has 1 aromatic carbocycles. The van der Waals surface area contributed by atoms with Crippen LogP contribution in [0, 0.1) is 5.92 Å². The molecule has 1 fully saturated rings. The molecule has 4 N–H and O–H groups in total. The molecule has 156 valence electrons. The van der Waals surface area contributed by atoms with Crippen LogP contribution in [0.15, 0.2) is 41.8 Å². The number of carbonyl (C=O) groups excluding carboxylic acids is 2. The lowest BCUT2D eigenvalue weighted by atomic mass is 9.98. The Hall–Kier alpha value is -2.38. The van der Waals surface area contributed by atoms with E-state index in [4.69, 9.17) is 5.73 Å². The molecule has 0 aliphatic carbocycles. The number of piperidine rings is 1. The van der Waals surface area contributed by atoms with E-state index in [9.17, 15) is 9.59 Å². The van der Waals surface area contributed by atoms with Crippen LogP contribution in [-0.4, -0.2) is 29.9 Å². The molecule has 0 bridgehead atoms. The van der Waals surface area contributed by atoms with Crippen molar-refractivity contribution >= 4 is 23.3 Å². The second-order valence-corrected chi connectivity index (χ2v) is 8.82. The average Bonchev–Trinajstić information content (AvgIpc) is 3.23. The zero-order chi connectivity index (χ0) is 20.6. The van der Waals surface area contributed by atoms with Gasteiger partial charge < -0.3 is 16.4 Å². The third kappa shape index (κ3) is 6.87. The van der Waals surface area contributed by atoms with Gasteiger partial charge >= 0.3 is 6.03 Å². The van der Waals surface area contributed by atoms with Gasteiger partial charge in [0.1, 0.15) is 0 Å². The van der Waals surface area contributed by atoms with Crippen molar-refractivity contribution in [3.8, 4) is 0 Å². The van der Waals surface area contributed by atoms with Gasteiger partial charge in [0.15, 0.2) is 0 Å². The first-order chi connectivity index (χ1) is 14.0. The zero-order valence-electron chi connectivity index (χ0n) is 16.9. The standard InChI is InChI=1S/C22H30N4O2S/c1-16-7-9-26(10-8-16)15-18-5-2-4-17(12-18)14-24-21(27)13-19(25-22(23)28)20-6-3-11-29-20/h2-6,11-12,16,19H,7-10,13-15H2,1H3,(H,24,27)(H3,23,25,28). The lowest BCUT2D eigenvalue weighted by molar-refractivity contribution is -0.121. The number of thiophene rings is 1. The Morgan fingerprint density at radius 1 is 1.21 bits per heavy atom. The predicted octanol–water partition coefficient (Wildman–Crippen LogP) is 3.40. The van der Waals surface area contributed by atoms with E-state index < -0.39 is 12.1 Å². The van der Waals surface area contributed by atoms with Crippen molar-refractivity contribution in [2.24, 2.45) is 11.7 Å². The second kappa shape index (κ2) is 10.4. The van der Waals surface area contributed by atoms with Crippen LogP contribution < -0.4 is 16.4 Å². The number of hydrogen-bond donors (Lipinski definition) is 3. The first-order valence-corrected chi connectivity index (χ1v) is 11.0. The number of benzene rings is 1. The van der Waals surface area contributed by atoms with Gasteiger partial charge in [-0.25, -0.2) is 4.79 Å². The molecule has 3 rings (SSSR count). The molecular formula is C22H30N4O2S. The third-order valence-corrected chi connectivity index (χ3v) is 6.34. The number of nitrogens with two attached hydrogens (primary N) is 1. The molecule has 1 aliphatic rings. The van der Waals surface area contributed by atoms with Crippen LogP contribution in [0.2, 0.25) is 0 Å². The number of likely N-dealkylation sites (tertiary alicyclic amines) is 1. The van der Waals surface area contributed by atoms with Gasteiger partial charge in [-0.3, -0.25) is 9.69 Å². The first-order valence-electron chi connectivity index (χ1n) is 10.2. The molecule has 6 nitrogen and oxygen atoms in total. The molecule has 0 spiro atoms. The van der Waals surface area contributed by atoms with E-state index >= 15 is 0 Å². The molecule has 2 heterocycles. The summed E-state index contributed by atoms with van der Waals surface area (Å²) in [5.41, 5.74) is 7.62. The molecule has 1 aliphatic heterocycles. The van der Waals surface area contributed by atoms with Crippen LogP contribution in [0.3, 0.4) is 0 Å². The van der Waals surface area contributed by atoms with Crippen molar-refractivity contribution in [3.63, 3.8) is 0 Å². The fourth-order valence-electron chi connectivity index (χ4n) is 3.66. The van der Waals surface area contributed by atoms with Crippen LogP contribution >= 0.6 is 11.3 Å². The Balaban J connectivity index is 1.51. The predicted molar refractivity (Wildman–Crippen MR) is 116 cm³/mol. The van der Waals surface area contributed by atoms with E-state index in [1.54, 1.807) is 0 Å². The lowest BCUT2D eigenvalue weighted by Crippen LogP contribution is -2.36. The molecule has 7 heteroatoms. The monoisotopic (exact) mass is 414 g/mol. The highest BCUT2D eigenvalue weighted by Crippen LogP contribution is 2.22. The van der Waals surface area contributed by atoms with Crippen LogP contribution in [-0.2, 0) is 17.9 Å². The average molecular weight is 415 g/mol. The number of hydrogen-bond acceptors (Lipinski definition) is 4. The molecule has 0 radical (unpaired) electrons. The highest BCUT2D eigenvalue weighted by atomic mass is 32.1. The molecular weight excluding hydrogens is 384 g/mol. The Labute approximate surface area is 176 Å². The van der Waals surface area contributed by atoms with Gasteiger partial charge in [-0.2, -0.15) is 0 Å². The Morgan fingerprint density at radius 2 is 1.97 bits per heavy atom. The first kappa shape index (κ1) is 21.3. The summed E-state index contributed by atoms with van der Waals surface area (Å²) < 4.78 is 0. The Morgan fingerprint density at radius 3 is 2.66 bits per heavy atom. The van der Waals surface area contributed by atoms with Crippen LogP contribution in [0.25, 0.3) is 0 Å². The summed E-state index contributed by atoms with van der Waals surface area (Å²) in [6.07, 6.45) is 2.69. The maximum atomic E-state index is 12.4. The van der Waals surface area contributed by atoms with E-state index in [1.807, 2.05) is 29.6 Å². The van der Waals surface area contributed by atoms with E-state index in [0.29, 0.717) is 6.54 Å². The van der Waals surface area contributed by atoms with Crippen molar-refractivity contribution in [2.75, 3.05) is 13.1 Å². The summed E-state index contributed by atoms with van der Waals surface area (Å²) in [5.74, 6) is 0.711. The SMILES string of the molecule is CC1CCN(Cc2cccc(CNC(=O)CC(NC(N)=O)c3cccs3)c2)CC1. The maximum absolute atomic E-state index is 12.4. The van der Waals surface area contributed by atoms with Gasteiger partial charge in [0.05, 0.1) is 12.5 Å². The summed E-state index contributed by atoms with van der Waals surface area (Å²) in [7, 11) is 0. The topological polar surface area (TPSA) is 87.5 Å². The molecule has 1 saturated heterocycles. The summed E-state index contributed by atoms with van der Waals surface area (Å²) >= 11 is 1.49. The number of urea groups is 1. The molecule has 0 saturated carbocycles. The number of primary amides is 1. The summed E-state index contributed by atoms with van der Waals surface area (Å²) in [6.45, 7) is 6.05. The minimum absolute atomic E-state index is 0.118. The van der Waals surface area contributed by atoms with Crippen molar-refractivity contribution in [1.82, 2.24) is 15.5 Å². The van der Waals surface area contributed by atoms with E-state index in [2.05, 4.69) is 34.6 Å². The van der Waals surface area contributed by atoms with Crippen LogP contribution in [0.1, 0.15) is 48.2 Å². The lowest BCUT2D eigenvalue weighted by Gasteiger charge is -2.30. The summed E-state index contributed by atoms with van der Waals surface area (Å²) in [4.78, 5) is 27.1. The zero-order valence-corrected chi connectivity index (χ0v) is 17.7. The van der Waals surface area contributed by atoms with Gasteiger partial charge in [0.2, 0.25) is 5.91 Å². The number of carbonyl (C=O) groups is 2. The van der Waals surface area contributed by atoms with Crippen molar-refractivity contribution in [2.45, 2.75) is 45.3 Å². The third-order valence-electron chi connectivity index (χ3n) is 5.36. The fourth-order valence-corrected chi connectivity index (χ4v) is 4.44. The normalized spacial score (nSPS) is 16.3. The maximum Gasteiger partial charge on any atom is 0.312 e. The summed E-state index contributed by atoms with van der Waals surface area (Å²) in [6, 6.07) is 11.1. The molecule has 3 amide bonds. The minimum atomic E-state index is -0.629. The van der Waals surface area contributed by atoms with E-state index in [0.717, 1.165) is 36.0 Å². The quantitative estimate of drug-likeness (QED) is 0.619. The Kier molecular flexibility index (Phi) is 7.66. The van der Waals surface area contributed by atoms with Crippen molar-refractivity contribution < 1.29 is 9.59 Å². The molecule has 1 aromatic heterocycles. The van der Waals surface area contributed by atoms with Gasteiger partial charge in [-0.05, 0) is 54.4 Å². The molecule has 1 atom stereocenters. The van der Waals surface area contributed by atoms with Gasteiger partial charge in [-0.15, -0.1) is 11.3 Å². The number of rotatable bonds is 8. The van der Waals surface area contributed by atoms with E-state index in [-0.39, 0.29) is 12.3 Å². The minimum Gasteiger partial charge on any atom is -0.352 e. The molecule has 1 unspecified atom stereocenters. The number of nitrogens with zero attached hydrogens (tertiary/aromatic N) is 1. The van der Waals surface area contributed by atoms with Crippen molar-refractivity contribution in [1.29, 1.82) is 0 Å². The fraction of sp³-hybridized carbons (Fsp3) is 0.455. The smallest absolute Gasteiger partial charge is 0.312 e. The molecule has 2 aromatic rings. The van der Waals surface area contributed by atoms with Crippen molar-refractivity contribution in [3.05, 3.63) is 57.8 Å². The van der Waals surface area contributed by atoms with Gasteiger partial charge in [-0.1, -0.05) is 37.3 Å². The van der Waals surface area contributed by atoms with E-state index in [1.165, 1.54) is 29.7 Å². The Bertz CT molecular complexity index is 801. The summed E-state index contributed by atoms with van der Waals surface area (Å²) in [5, 5.41) is 7.53. The highest BCUT2D eigenvalue weighted by Gasteiger charge is 2.18. The van der Waals surface area contributed by atoms with Gasteiger partial charge in [0, 0.05) is 18.0 Å². The number of nitrogens with one attached hydrogen (secondary N) is 2. The van der Waals surface area contributed by atoms with Gasteiger partial charge in [0.25, 0.3) is 0 Å². The number of amides is 3. The van der Waals surface area contributed by atoms with Crippen LogP contribution in [0.4, 0.5) is 4.79 Å². The largest absolute Gasteiger partial charge is 0.352 e. The second-order valence-electron chi connectivity index (χ2n) is 7.84. The van der Waals surface area contributed by atoms with Crippen LogP contribution in [0.5, 0.6) is 0 Å². The molecule has 29 heavy (non-hydrogen) atoms. The highest BCUT2D eigenvalue weighted by molar-refractivity contribution is 7.10.